The van der Waals surface area contributed by atoms with E-state index in [0.717, 1.165) is 19.6 Å². The molecule has 25 heavy (non-hydrogen) atoms. The van der Waals surface area contributed by atoms with Gasteiger partial charge in [-0.15, -0.1) is 0 Å². The number of nitrogens with one attached hydrogen (secondary N) is 1. The van der Waals surface area contributed by atoms with Crippen molar-refractivity contribution in [1.29, 1.82) is 0 Å². The number of methoxy groups -OCH3 is 2. The molecule has 1 N–H and O–H groups in total. The molecular weight excluding hydrogens is 344 g/mol. The zero-order chi connectivity index (χ0) is 18.4. The van der Waals surface area contributed by atoms with Crippen LogP contribution in [0.2, 0.25) is 5.02 Å². The molecule has 1 aliphatic heterocycles. The predicted octanol–water partition coefficient (Wildman–Crippen LogP) is 2.44. The van der Waals surface area contributed by atoms with Crippen LogP contribution >= 0.6 is 11.6 Å². The van der Waals surface area contributed by atoms with Crippen LogP contribution in [0.1, 0.15) is 24.2 Å². The molecule has 6 nitrogen and oxygen atoms in total. The first-order chi connectivity index (χ1) is 11.9. The SMILES string of the molecule is COc1cc(C(=O)NCC2CN(CC(C)C)CCO2)cc(Cl)c1OC. The van der Waals surface area contributed by atoms with Gasteiger partial charge in [-0.25, -0.2) is 0 Å². The zero-order valence-electron chi connectivity index (χ0n) is 15.3. The summed E-state index contributed by atoms with van der Waals surface area (Å²) >= 11 is 6.16. The van der Waals surface area contributed by atoms with Crippen molar-refractivity contribution in [3.63, 3.8) is 0 Å². The van der Waals surface area contributed by atoms with Gasteiger partial charge in [-0.3, -0.25) is 9.69 Å². The van der Waals surface area contributed by atoms with Crippen LogP contribution in [0, 0.1) is 5.92 Å². The van der Waals surface area contributed by atoms with Gasteiger partial charge >= 0.3 is 0 Å². The molecule has 0 bridgehead atoms. The molecule has 1 heterocycles. The van der Waals surface area contributed by atoms with Crippen molar-refractivity contribution in [2.75, 3.05) is 47.0 Å². The molecule has 1 aromatic carbocycles. The topological polar surface area (TPSA) is 60.0 Å². The minimum Gasteiger partial charge on any atom is -0.493 e. The van der Waals surface area contributed by atoms with Crippen LogP contribution in [-0.4, -0.2) is 63.9 Å². The van der Waals surface area contributed by atoms with E-state index in [1.165, 1.54) is 14.2 Å². The summed E-state index contributed by atoms with van der Waals surface area (Å²) < 4.78 is 16.2. The number of hydrogen-bond acceptors (Lipinski definition) is 5. The highest BCUT2D eigenvalue weighted by molar-refractivity contribution is 6.32. The van der Waals surface area contributed by atoms with Crippen molar-refractivity contribution in [1.82, 2.24) is 10.2 Å². The van der Waals surface area contributed by atoms with Crippen LogP contribution < -0.4 is 14.8 Å². The van der Waals surface area contributed by atoms with E-state index in [-0.39, 0.29) is 12.0 Å². The number of benzene rings is 1. The lowest BCUT2D eigenvalue weighted by molar-refractivity contribution is -0.0295. The molecule has 1 fully saturated rings. The average Bonchev–Trinajstić information content (AvgIpc) is 2.58. The normalized spacial score (nSPS) is 18.2. The van der Waals surface area contributed by atoms with Crippen LogP contribution in [0.4, 0.5) is 0 Å². The van der Waals surface area contributed by atoms with Gasteiger partial charge in [-0.05, 0) is 18.1 Å². The number of hydrogen-bond donors (Lipinski definition) is 1. The van der Waals surface area contributed by atoms with Crippen molar-refractivity contribution in [2.45, 2.75) is 20.0 Å². The molecule has 1 amide bonds. The van der Waals surface area contributed by atoms with Crippen LogP contribution in [0.3, 0.4) is 0 Å². The van der Waals surface area contributed by atoms with E-state index in [0.29, 0.717) is 41.2 Å². The van der Waals surface area contributed by atoms with Gasteiger partial charge < -0.3 is 19.5 Å². The minimum absolute atomic E-state index is 0.00735. The molecule has 0 saturated carbocycles. The monoisotopic (exact) mass is 370 g/mol. The van der Waals surface area contributed by atoms with E-state index in [2.05, 4.69) is 24.1 Å². The van der Waals surface area contributed by atoms with Crippen LogP contribution in [0.15, 0.2) is 12.1 Å². The number of ether oxygens (including phenoxy) is 3. The third-order valence-corrected chi connectivity index (χ3v) is 4.31. The molecule has 1 unspecified atom stereocenters. The molecule has 0 spiro atoms. The highest BCUT2D eigenvalue weighted by atomic mass is 35.5. The van der Waals surface area contributed by atoms with Gasteiger partial charge in [0.1, 0.15) is 0 Å². The molecule has 7 heteroatoms. The molecule has 1 aliphatic rings. The van der Waals surface area contributed by atoms with Gasteiger partial charge in [-0.2, -0.15) is 0 Å². The second-order valence-electron chi connectivity index (χ2n) is 6.55. The lowest BCUT2D eigenvalue weighted by Crippen LogP contribution is -2.48. The average molecular weight is 371 g/mol. The highest BCUT2D eigenvalue weighted by Crippen LogP contribution is 2.35. The maximum absolute atomic E-state index is 12.4. The van der Waals surface area contributed by atoms with Crippen LogP contribution in [0.25, 0.3) is 0 Å². The Kier molecular flexibility index (Phi) is 7.35. The Morgan fingerprint density at radius 2 is 2.16 bits per heavy atom. The first-order valence-electron chi connectivity index (χ1n) is 8.48. The van der Waals surface area contributed by atoms with E-state index in [1.54, 1.807) is 12.1 Å². The first-order valence-corrected chi connectivity index (χ1v) is 8.86. The van der Waals surface area contributed by atoms with Gasteiger partial charge in [-0.1, -0.05) is 25.4 Å². The van der Waals surface area contributed by atoms with Crippen LogP contribution in [-0.2, 0) is 4.74 Å². The quantitative estimate of drug-likeness (QED) is 0.798. The Morgan fingerprint density at radius 3 is 2.80 bits per heavy atom. The fraction of sp³-hybridized carbons (Fsp3) is 0.611. The van der Waals surface area contributed by atoms with Gasteiger partial charge in [0.05, 0.1) is 32.0 Å². The standard InChI is InChI=1S/C18H27ClN2O4/c1-12(2)10-21-5-6-25-14(11-21)9-20-18(22)13-7-15(19)17(24-4)16(8-13)23-3/h7-8,12,14H,5-6,9-11H2,1-4H3,(H,20,22). The molecule has 0 aliphatic carbocycles. The summed E-state index contributed by atoms with van der Waals surface area (Å²) in [5.41, 5.74) is 0.428. The third-order valence-electron chi connectivity index (χ3n) is 4.03. The summed E-state index contributed by atoms with van der Waals surface area (Å²) in [4.78, 5) is 14.8. The second kappa shape index (κ2) is 9.27. The fourth-order valence-corrected chi connectivity index (χ4v) is 3.23. The number of halogens is 1. The zero-order valence-corrected chi connectivity index (χ0v) is 16.1. The number of amides is 1. The van der Waals surface area contributed by atoms with E-state index in [9.17, 15) is 4.79 Å². The summed E-state index contributed by atoms with van der Waals surface area (Å²) in [6, 6.07) is 3.19. The maximum Gasteiger partial charge on any atom is 0.251 e. The Hall–Kier alpha value is -1.50. The van der Waals surface area contributed by atoms with Gasteiger partial charge in [0.2, 0.25) is 0 Å². The van der Waals surface area contributed by atoms with Crippen molar-refractivity contribution in [3.8, 4) is 11.5 Å². The smallest absolute Gasteiger partial charge is 0.251 e. The number of rotatable bonds is 7. The van der Waals surface area contributed by atoms with E-state index < -0.39 is 0 Å². The largest absolute Gasteiger partial charge is 0.493 e. The summed E-state index contributed by atoms with van der Waals surface area (Å²) in [6.07, 6.45) is -0.00735. The fourth-order valence-electron chi connectivity index (χ4n) is 2.94. The molecular formula is C18H27ClN2O4. The van der Waals surface area contributed by atoms with Gasteiger partial charge in [0.15, 0.2) is 11.5 Å². The van der Waals surface area contributed by atoms with Crippen molar-refractivity contribution < 1.29 is 19.0 Å². The highest BCUT2D eigenvalue weighted by Gasteiger charge is 2.22. The van der Waals surface area contributed by atoms with Gasteiger partial charge in [0, 0.05) is 31.7 Å². The minimum atomic E-state index is -0.215. The lowest BCUT2D eigenvalue weighted by atomic mass is 10.1. The maximum atomic E-state index is 12.4. The molecule has 1 atom stereocenters. The lowest BCUT2D eigenvalue weighted by Gasteiger charge is -2.33. The Morgan fingerprint density at radius 1 is 1.40 bits per heavy atom. The number of morpholine rings is 1. The molecule has 0 aromatic heterocycles. The van der Waals surface area contributed by atoms with Crippen molar-refractivity contribution >= 4 is 17.5 Å². The van der Waals surface area contributed by atoms with E-state index >= 15 is 0 Å². The third kappa shape index (κ3) is 5.49. The molecule has 140 valence electrons. The molecule has 2 rings (SSSR count). The number of carbonyl (C=O) groups is 1. The van der Waals surface area contributed by atoms with Crippen molar-refractivity contribution in [2.24, 2.45) is 5.92 Å². The number of carbonyl (C=O) groups excluding carboxylic acids is 1. The van der Waals surface area contributed by atoms with Crippen molar-refractivity contribution in [3.05, 3.63) is 22.7 Å². The summed E-state index contributed by atoms with van der Waals surface area (Å²) in [6.45, 7) is 8.35. The number of nitrogens with zero attached hydrogens (tertiary/aromatic N) is 1. The van der Waals surface area contributed by atoms with Crippen LogP contribution in [0.5, 0.6) is 11.5 Å². The molecule has 1 saturated heterocycles. The Labute approximate surface area is 154 Å². The summed E-state index contributed by atoms with van der Waals surface area (Å²) in [5, 5.41) is 3.25. The summed E-state index contributed by atoms with van der Waals surface area (Å²) in [5.74, 6) is 1.24. The molecule has 0 radical (unpaired) electrons. The van der Waals surface area contributed by atoms with E-state index in [4.69, 9.17) is 25.8 Å². The van der Waals surface area contributed by atoms with E-state index in [1.807, 2.05) is 0 Å². The summed E-state index contributed by atoms with van der Waals surface area (Å²) in [7, 11) is 3.02. The second-order valence-corrected chi connectivity index (χ2v) is 6.96. The van der Waals surface area contributed by atoms with Gasteiger partial charge in [0.25, 0.3) is 5.91 Å². The Bertz CT molecular complexity index is 595. The predicted molar refractivity (Wildman–Crippen MR) is 97.9 cm³/mol. The Balaban J connectivity index is 1.95. The first kappa shape index (κ1) is 19.8. The molecule has 1 aromatic rings.